The molecule has 0 atom stereocenters. The largest absolute Gasteiger partial charge is 0.506 e. The molecule has 1 N–H and O–H groups in total. The number of aromatic nitrogens is 1. The molecule has 0 spiro atoms. The van der Waals surface area contributed by atoms with Crippen LogP contribution >= 0.6 is 15.9 Å². The van der Waals surface area contributed by atoms with E-state index in [-0.39, 0.29) is 0 Å². The highest BCUT2D eigenvalue weighted by atomic mass is 79.9. The predicted octanol–water partition coefficient (Wildman–Crippen LogP) is 2.65. The van der Waals surface area contributed by atoms with Crippen LogP contribution in [0.5, 0.6) is 5.75 Å². The van der Waals surface area contributed by atoms with Gasteiger partial charge in [0.1, 0.15) is 5.75 Å². The third kappa shape index (κ3) is 0.932. The third-order valence-corrected chi connectivity index (χ3v) is 2.74. The van der Waals surface area contributed by atoms with Gasteiger partial charge < -0.3 is 9.67 Å². The van der Waals surface area contributed by atoms with Gasteiger partial charge in [0.2, 0.25) is 0 Å². The standard InChI is InChI=1S/C9H8BrNO/c1-11-8(10)5-6-3-2-4-7(12)9(6)11/h2-5,12H,1H3. The van der Waals surface area contributed by atoms with Crippen LogP contribution in [0.2, 0.25) is 0 Å². The Balaban J connectivity index is 2.97. The van der Waals surface area contributed by atoms with Crippen LogP contribution in [0.15, 0.2) is 28.9 Å². The number of fused-ring (bicyclic) bond motifs is 1. The molecule has 0 radical (unpaired) electrons. The minimum Gasteiger partial charge on any atom is -0.506 e. The number of aryl methyl sites for hydroxylation is 1. The van der Waals surface area contributed by atoms with Crippen LogP contribution in [0.3, 0.4) is 0 Å². The molecular weight excluding hydrogens is 218 g/mol. The first-order chi connectivity index (χ1) is 5.70. The zero-order valence-electron chi connectivity index (χ0n) is 6.58. The summed E-state index contributed by atoms with van der Waals surface area (Å²) in [6.07, 6.45) is 0. The lowest BCUT2D eigenvalue weighted by Crippen LogP contribution is -1.86. The highest BCUT2D eigenvalue weighted by Crippen LogP contribution is 2.29. The number of phenolic OH excluding ortho intramolecular Hbond substituents is 1. The van der Waals surface area contributed by atoms with E-state index in [1.165, 1.54) is 0 Å². The average molecular weight is 226 g/mol. The number of phenols is 1. The van der Waals surface area contributed by atoms with Crippen molar-refractivity contribution in [2.75, 3.05) is 0 Å². The number of benzene rings is 1. The maximum atomic E-state index is 9.52. The van der Waals surface area contributed by atoms with E-state index < -0.39 is 0 Å². The second kappa shape index (κ2) is 2.52. The molecular formula is C9H8BrNO. The van der Waals surface area contributed by atoms with Crippen LogP contribution in [0.4, 0.5) is 0 Å². The Bertz CT molecular complexity index is 433. The molecule has 1 aromatic heterocycles. The highest BCUT2D eigenvalue weighted by molar-refractivity contribution is 9.10. The average Bonchev–Trinajstić information content (AvgIpc) is 2.29. The summed E-state index contributed by atoms with van der Waals surface area (Å²) in [5.41, 5.74) is 0.865. The summed E-state index contributed by atoms with van der Waals surface area (Å²) in [5.74, 6) is 0.320. The van der Waals surface area contributed by atoms with Gasteiger partial charge in [-0.05, 0) is 28.1 Å². The second-order valence-corrected chi connectivity index (χ2v) is 3.55. The van der Waals surface area contributed by atoms with Gasteiger partial charge in [0.15, 0.2) is 0 Å². The monoisotopic (exact) mass is 225 g/mol. The Labute approximate surface area is 78.6 Å². The van der Waals surface area contributed by atoms with E-state index in [1.807, 2.05) is 29.8 Å². The summed E-state index contributed by atoms with van der Waals surface area (Å²) in [5, 5.41) is 10.6. The summed E-state index contributed by atoms with van der Waals surface area (Å²) in [6, 6.07) is 7.48. The number of nitrogens with zero attached hydrogens (tertiary/aromatic N) is 1. The molecule has 0 aliphatic heterocycles. The van der Waals surface area contributed by atoms with Gasteiger partial charge in [-0.1, -0.05) is 12.1 Å². The van der Waals surface area contributed by atoms with Crippen molar-refractivity contribution in [2.45, 2.75) is 0 Å². The maximum Gasteiger partial charge on any atom is 0.139 e. The van der Waals surface area contributed by atoms with Crippen molar-refractivity contribution in [3.05, 3.63) is 28.9 Å². The van der Waals surface area contributed by atoms with Crippen LogP contribution in [0, 0.1) is 0 Å². The van der Waals surface area contributed by atoms with E-state index in [2.05, 4.69) is 15.9 Å². The normalized spacial score (nSPS) is 10.8. The van der Waals surface area contributed by atoms with E-state index in [0.717, 1.165) is 15.5 Å². The van der Waals surface area contributed by atoms with Gasteiger partial charge in [-0.15, -0.1) is 0 Å². The van der Waals surface area contributed by atoms with Gasteiger partial charge in [-0.25, -0.2) is 0 Å². The van der Waals surface area contributed by atoms with Crippen molar-refractivity contribution < 1.29 is 5.11 Å². The summed E-state index contributed by atoms with van der Waals surface area (Å²) in [7, 11) is 1.91. The van der Waals surface area contributed by atoms with Gasteiger partial charge >= 0.3 is 0 Å². The molecule has 3 heteroatoms. The van der Waals surface area contributed by atoms with Gasteiger partial charge in [-0.2, -0.15) is 0 Å². The molecule has 0 aliphatic rings. The molecule has 1 heterocycles. The van der Waals surface area contributed by atoms with Crippen molar-refractivity contribution in [1.29, 1.82) is 0 Å². The zero-order valence-corrected chi connectivity index (χ0v) is 8.17. The Morgan fingerprint density at radius 1 is 1.42 bits per heavy atom. The summed E-state index contributed by atoms with van der Waals surface area (Å²) < 4.78 is 2.88. The lowest BCUT2D eigenvalue weighted by Gasteiger charge is -1.99. The molecule has 2 nitrogen and oxygen atoms in total. The Morgan fingerprint density at radius 2 is 2.17 bits per heavy atom. The maximum absolute atomic E-state index is 9.52. The van der Waals surface area contributed by atoms with E-state index >= 15 is 0 Å². The van der Waals surface area contributed by atoms with Crippen molar-refractivity contribution >= 4 is 26.8 Å². The lowest BCUT2D eigenvalue weighted by molar-refractivity contribution is 0.479. The van der Waals surface area contributed by atoms with Crippen molar-refractivity contribution in [3.63, 3.8) is 0 Å². The van der Waals surface area contributed by atoms with E-state index in [0.29, 0.717) is 5.75 Å². The van der Waals surface area contributed by atoms with E-state index in [1.54, 1.807) is 6.07 Å². The molecule has 0 unspecified atom stereocenters. The second-order valence-electron chi connectivity index (χ2n) is 2.74. The number of hydrogen-bond acceptors (Lipinski definition) is 1. The molecule has 1 aromatic carbocycles. The van der Waals surface area contributed by atoms with Crippen LogP contribution in [-0.2, 0) is 7.05 Å². The highest BCUT2D eigenvalue weighted by Gasteiger charge is 2.05. The fraction of sp³-hybridized carbons (Fsp3) is 0.111. The number of aromatic hydroxyl groups is 1. The van der Waals surface area contributed by atoms with Crippen LogP contribution in [0.25, 0.3) is 10.9 Å². The summed E-state index contributed by atoms with van der Waals surface area (Å²) >= 11 is 3.39. The first-order valence-corrected chi connectivity index (χ1v) is 4.42. The fourth-order valence-corrected chi connectivity index (χ4v) is 1.79. The van der Waals surface area contributed by atoms with E-state index in [9.17, 15) is 5.11 Å². The first-order valence-electron chi connectivity index (χ1n) is 3.63. The first kappa shape index (κ1) is 7.68. The minimum absolute atomic E-state index is 0.320. The van der Waals surface area contributed by atoms with Gasteiger partial charge in [0, 0.05) is 12.4 Å². The van der Waals surface area contributed by atoms with Crippen molar-refractivity contribution in [2.24, 2.45) is 7.05 Å². The van der Waals surface area contributed by atoms with Crippen LogP contribution < -0.4 is 0 Å². The lowest BCUT2D eigenvalue weighted by atomic mass is 10.2. The molecule has 12 heavy (non-hydrogen) atoms. The zero-order chi connectivity index (χ0) is 8.72. The molecule has 0 amide bonds. The number of rotatable bonds is 0. The molecule has 0 saturated carbocycles. The molecule has 0 aliphatic carbocycles. The van der Waals surface area contributed by atoms with Crippen LogP contribution in [0.1, 0.15) is 0 Å². The summed E-state index contributed by atoms with van der Waals surface area (Å²) in [4.78, 5) is 0. The number of hydrogen-bond donors (Lipinski definition) is 1. The molecule has 2 aromatic rings. The van der Waals surface area contributed by atoms with Gasteiger partial charge in [-0.3, -0.25) is 0 Å². The quantitative estimate of drug-likeness (QED) is 0.733. The van der Waals surface area contributed by atoms with Gasteiger partial charge in [0.05, 0.1) is 10.1 Å². The summed E-state index contributed by atoms with van der Waals surface area (Å²) in [6.45, 7) is 0. The molecule has 0 bridgehead atoms. The van der Waals surface area contributed by atoms with Crippen LogP contribution in [-0.4, -0.2) is 9.67 Å². The number of halogens is 1. The number of para-hydroxylation sites is 1. The van der Waals surface area contributed by atoms with Crippen molar-refractivity contribution in [3.8, 4) is 5.75 Å². The van der Waals surface area contributed by atoms with Gasteiger partial charge in [0.25, 0.3) is 0 Å². The molecule has 0 fully saturated rings. The third-order valence-electron chi connectivity index (χ3n) is 1.98. The van der Waals surface area contributed by atoms with Crippen molar-refractivity contribution in [1.82, 2.24) is 4.57 Å². The molecule has 62 valence electrons. The Morgan fingerprint density at radius 3 is 2.83 bits per heavy atom. The minimum atomic E-state index is 0.320. The smallest absolute Gasteiger partial charge is 0.139 e. The molecule has 0 saturated heterocycles. The Hall–Kier alpha value is -0.960. The SMILES string of the molecule is Cn1c(Br)cc2cccc(O)c21. The van der Waals surface area contributed by atoms with E-state index in [4.69, 9.17) is 0 Å². The Kier molecular flexibility index (Phi) is 1.61. The molecule has 2 rings (SSSR count). The topological polar surface area (TPSA) is 25.2 Å². The fourth-order valence-electron chi connectivity index (χ4n) is 1.36. The predicted molar refractivity (Wildman–Crippen MR) is 52.3 cm³/mol.